The summed E-state index contributed by atoms with van der Waals surface area (Å²) in [6.45, 7) is 7.95. The number of thioether (sulfide) groups is 1. The van der Waals surface area contributed by atoms with Gasteiger partial charge in [0.05, 0.1) is 6.42 Å². The number of hydrogen-bond acceptors (Lipinski definition) is 14. The highest BCUT2D eigenvalue weighted by Crippen LogP contribution is 2.24. The zero-order valence-corrected chi connectivity index (χ0v) is 34.3. The summed E-state index contributed by atoms with van der Waals surface area (Å²) in [6.07, 6.45) is 1.69. The van der Waals surface area contributed by atoms with Gasteiger partial charge in [-0.05, 0) is 30.8 Å². The Balaban J connectivity index is 2.16. The second-order valence-electron chi connectivity index (χ2n) is 13.8. The molecule has 19 nitrogen and oxygen atoms in total. The first-order valence-corrected chi connectivity index (χ1v) is 21.5. The Morgan fingerprint density at radius 3 is 2.25 bits per heavy atom. The van der Waals surface area contributed by atoms with E-state index in [4.69, 9.17) is 20.7 Å². The highest BCUT2D eigenvalue weighted by molar-refractivity contribution is 8.76. The number of esters is 1. The van der Waals surface area contributed by atoms with Gasteiger partial charge in [0.2, 0.25) is 35.4 Å². The molecule has 10 N–H and O–H groups in total. The topological polar surface area (TPSA) is 302 Å². The minimum Gasteiger partial charge on any atom is -0.480 e. The summed E-state index contributed by atoms with van der Waals surface area (Å²) >= 11 is 1.30. The van der Waals surface area contributed by atoms with Crippen molar-refractivity contribution >= 4 is 86.7 Å². The monoisotopic (exact) mass is 847 g/mol. The van der Waals surface area contributed by atoms with Crippen LogP contribution >= 0.6 is 33.3 Å². The van der Waals surface area contributed by atoms with E-state index in [-0.39, 0.29) is 36.7 Å². The Hall–Kier alpha value is -4.02. The molecule has 8 atom stereocenters. The number of allylic oxidation sites excluding steroid dienone is 1. The third-order valence-electron chi connectivity index (χ3n) is 8.45. The fourth-order valence-electron chi connectivity index (χ4n) is 5.19. The zero-order valence-electron chi connectivity index (χ0n) is 31.9. The van der Waals surface area contributed by atoms with Gasteiger partial charge in [-0.25, -0.2) is 4.79 Å². The highest BCUT2D eigenvalue weighted by atomic mass is 33.1. The number of carboxylic acid groups (broad SMARTS) is 2. The number of carboxylic acids is 2. The number of amides is 6. The molecule has 314 valence electrons. The molecule has 0 radical (unpaired) electrons. The Labute approximate surface area is 337 Å². The molecule has 6 amide bonds. The van der Waals surface area contributed by atoms with Gasteiger partial charge in [0, 0.05) is 28.9 Å². The zero-order chi connectivity index (χ0) is 42.1. The van der Waals surface area contributed by atoms with E-state index in [2.05, 4.69) is 31.9 Å². The Morgan fingerprint density at radius 2 is 1.62 bits per heavy atom. The molecular weight excluding hydrogens is 795 g/mol. The number of rotatable bonds is 17. The van der Waals surface area contributed by atoms with Gasteiger partial charge < -0.3 is 52.6 Å². The van der Waals surface area contributed by atoms with Crippen molar-refractivity contribution in [2.24, 2.45) is 17.6 Å². The van der Waals surface area contributed by atoms with Gasteiger partial charge in [-0.1, -0.05) is 62.3 Å². The third kappa shape index (κ3) is 16.6. The summed E-state index contributed by atoms with van der Waals surface area (Å²) in [5.41, 5.74) is 5.44. The first kappa shape index (κ1) is 48.1. The largest absolute Gasteiger partial charge is 0.480 e. The van der Waals surface area contributed by atoms with E-state index in [0.717, 1.165) is 0 Å². The van der Waals surface area contributed by atoms with E-state index in [1.807, 2.05) is 0 Å². The molecule has 0 aliphatic carbocycles. The lowest BCUT2D eigenvalue weighted by molar-refractivity contribution is -0.153. The fourth-order valence-corrected chi connectivity index (χ4v) is 8.46. The van der Waals surface area contributed by atoms with Gasteiger partial charge >= 0.3 is 17.9 Å². The van der Waals surface area contributed by atoms with E-state index in [1.54, 1.807) is 40.7 Å². The van der Waals surface area contributed by atoms with E-state index < -0.39 is 113 Å². The minimum atomic E-state index is -1.29. The number of carbonyl (C=O) groups excluding carboxylic acids is 7. The average molecular weight is 848 g/mol. The van der Waals surface area contributed by atoms with Gasteiger partial charge in [0.1, 0.15) is 48.9 Å². The van der Waals surface area contributed by atoms with Gasteiger partial charge in [0.25, 0.3) is 0 Å². The van der Waals surface area contributed by atoms with Crippen LogP contribution in [-0.4, -0.2) is 135 Å². The van der Waals surface area contributed by atoms with Crippen molar-refractivity contribution in [1.29, 1.82) is 0 Å². The van der Waals surface area contributed by atoms with Crippen molar-refractivity contribution in [2.45, 2.75) is 108 Å². The van der Waals surface area contributed by atoms with Crippen LogP contribution in [0.4, 0.5) is 0 Å². The smallest absolute Gasteiger partial charge is 0.329 e. The number of carbonyl (C=O) groups is 9. The molecule has 0 spiro atoms. The molecule has 2 fully saturated rings. The summed E-state index contributed by atoms with van der Waals surface area (Å²) in [5.74, 6) is -7.24. The molecule has 0 aromatic carbocycles. The van der Waals surface area contributed by atoms with Crippen molar-refractivity contribution in [1.82, 2.24) is 31.9 Å². The van der Waals surface area contributed by atoms with Crippen molar-refractivity contribution in [3.8, 4) is 0 Å². The van der Waals surface area contributed by atoms with Crippen molar-refractivity contribution in [3.63, 3.8) is 0 Å². The van der Waals surface area contributed by atoms with Crippen LogP contribution in [0.5, 0.6) is 0 Å². The lowest BCUT2D eigenvalue weighted by Crippen LogP contribution is -2.59. The SMILES string of the molecule is CC(C)C1NC(=O)CC(/C=C/CCSSCC(NC(=O)CCC(N)C(=O)O)C(=O)NCC(=O)O)OC(=O)C(C(C)C)NC(=O)C2NC(=O)C(CSC2C)NC1=O. The van der Waals surface area contributed by atoms with Crippen LogP contribution in [0.3, 0.4) is 0 Å². The molecule has 0 aromatic rings. The number of fused-ring (bicyclic) bond motifs is 3. The van der Waals surface area contributed by atoms with Crippen LogP contribution in [0.2, 0.25) is 0 Å². The molecule has 2 bridgehead atoms. The fraction of sp³-hybridized carbons (Fsp3) is 0.676. The molecule has 2 saturated heterocycles. The summed E-state index contributed by atoms with van der Waals surface area (Å²) in [4.78, 5) is 114. The number of nitrogens with two attached hydrogens (primary N) is 1. The summed E-state index contributed by atoms with van der Waals surface area (Å²) in [6, 6.07) is -6.51. The number of cyclic esters (lactones) is 1. The van der Waals surface area contributed by atoms with Crippen molar-refractivity contribution < 1.29 is 58.1 Å². The van der Waals surface area contributed by atoms with E-state index in [0.29, 0.717) is 12.2 Å². The second-order valence-corrected chi connectivity index (χ2v) is 17.9. The molecule has 56 heavy (non-hydrogen) atoms. The third-order valence-corrected chi connectivity index (χ3v) is 12.2. The predicted molar refractivity (Wildman–Crippen MR) is 210 cm³/mol. The quantitative estimate of drug-likeness (QED) is 0.0363. The number of aliphatic carboxylic acids is 2. The van der Waals surface area contributed by atoms with E-state index in [9.17, 15) is 43.2 Å². The first-order valence-electron chi connectivity index (χ1n) is 18.0. The van der Waals surface area contributed by atoms with Crippen molar-refractivity contribution in [2.75, 3.05) is 23.8 Å². The van der Waals surface area contributed by atoms with Gasteiger partial charge in [-0.15, -0.1) is 0 Å². The Morgan fingerprint density at radius 1 is 0.946 bits per heavy atom. The molecule has 2 heterocycles. The molecule has 2 aliphatic heterocycles. The maximum Gasteiger partial charge on any atom is 0.329 e. The summed E-state index contributed by atoms with van der Waals surface area (Å²) in [5, 5.41) is 32.9. The second kappa shape index (κ2) is 23.9. The number of hydrogen-bond donors (Lipinski definition) is 9. The van der Waals surface area contributed by atoms with Crippen LogP contribution in [0, 0.1) is 11.8 Å². The number of ether oxygens (including phenoxy) is 1. The molecule has 0 saturated carbocycles. The van der Waals surface area contributed by atoms with Crippen LogP contribution < -0.4 is 37.6 Å². The Kier molecular flexibility index (Phi) is 20.5. The van der Waals surface area contributed by atoms with Crippen LogP contribution in [0.15, 0.2) is 12.2 Å². The molecular formula is C34H53N7O12S3. The molecule has 2 aliphatic rings. The van der Waals surface area contributed by atoms with Gasteiger partial charge in [0.15, 0.2) is 0 Å². The van der Waals surface area contributed by atoms with Crippen molar-refractivity contribution in [3.05, 3.63) is 12.2 Å². The highest BCUT2D eigenvalue weighted by Gasteiger charge is 2.39. The number of nitrogens with one attached hydrogen (secondary N) is 6. The predicted octanol–water partition coefficient (Wildman–Crippen LogP) is -1.11. The lowest BCUT2D eigenvalue weighted by Gasteiger charge is -2.28. The Bertz CT molecular complexity index is 1480. The first-order chi connectivity index (χ1) is 26.3. The summed E-state index contributed by atoms with van der Waals surface area (Å²) < 4.78 is 5.75. The lowest BCUT2D eigenvalue weighted by atomic mass is 10.0. The van der Waals surface area contributed by atoms with E-state index in [1.165, 1.54) is 39.4 Å². The van der Waals surface area contributed by atoms with Gasteiger partial charge in [-0.3, -0.25) is 38.4 Å². The molecule has 0 aromatic heterocycles. The minimum absolute atomic E-state index is 0.0343. The maximum absolute atomic E-state index is 13.5. The average Bonchev–Trinajstić information content (AvgIpc) is 3.25. The van der Waals surface area contributed by atoms with Crippen LogP contribution in [-0.2, 0) is 47.9 Å². The maximum atomic E-state index is 13.5. The standard InChI is InChI=1S/C34H53N7O12S3/c1-16(2)26-31(48)38-21-14-54-18(5)28(41-30(21)47)32(49)40-27(17(3)4)34(52)53-19(12-24(43)39-26)8-6-7-11-55-56-15-22(29(46)36-13-25(44)45)37-23(42)10-9-20(35)33(50)51/h6,8,16-22,26-28H,7,9-15,35H2,1-5H3,(H,36,46)(H,37,42)(H,38,48)(H,39,43)(H,40,49)(H,41,47)(H,44,45)(H,50,51)/b8-6+. The molecule has 8 unspecified atom stereocenters. The molecule has 22 heteroatoms. The molecule has 2 rings (SSSR count). The van der Waals surface area contributed by atoms with E-state index >= 15 is 0 Å². The van der Waals surface area contributed by atoms with Crippen LogP contribution in [0.1, 0.15) is 60.3 Å². The van der Waals surface area contributed by atoms with Crippen LogP contribution in [0.25, 0.3) is 0 Å². The van der Waals surface area contributed by atoms with Gasteiger partial charge in [-0.2, -0.15) is 11.8 Å². The summed E-state index contributed by atoms with van der Waals surface area (Å²) in [7, 11) is 2.52. The normalized spacial score (nSPS) is 25.0.